The second kappa shape index (κ2) is 11.7. The van der Waals surface area contributed by atoms with Crippen LogP contribution < -0.4 is 0 Å². The maximum atomic E-state index is 12.2. The molecule has 4 aromatic carbocycles. The van der Waals surface area contributed by atoms with E-state index in [4.69, 9.17) is 0 Å². The first-order valence-electron chi connectivity index (χ1n) is 12.8. The van der Waals surface area contributed by atoms with Crippen LogP contribution in [0.3, 0.4) is 0 Å². The van der Waals surface area contributed by atoms with Crippen LogP contribution in [0.1, 0.15) is 33.7 Å². The van der Waals surface area contributed by atoms with Gasteiger partial charge < -0.3 is 14.4 Å². The summed E-state index contributed by atoms with van der Waals surface area (Å²) in [5, 5.41) is 11.8. The summed E-state index contributed by atoms with van der Waals surface area (Å²) >= 11 is 0. The molecule has 0 unspecified atom stereocenters. The van der Waals surface area contributed by atoms with E-state index in [1.807, 2.05) is 53.2 Å². The molecule has 0 radical (unpaired) electrons. The molecule has 0 amide bonds. The minimum atomic E-state index is -1.02. The van der Waals surface area contributed by atoms with Gasteiger partial charge in [0.05, 0.1) is 7.11 Å². The van der Waals surface area contributed by atoms with E-state index in [9.17, 15) is 14.7 Å². The van der Waals surface area contributed by atoms with Crippen molar-refractivity contribution < 1.29 is 19.4 Å². The van der Waals surface area contributed by atoms with Gasteiger partial charge in [-0.3, -0.25) is 4.79 Å². The Bertz CT molecular complexity index is 1580. The Kier molecular flexibility index (Phi) is 7.69. The molecule has 1 heterocycles. The molecule has 0 aliphatic rings. The van der Waals surface area contributed by atoms with Crippen molar-refractivity contribution in [3.05, 3.63) is 149 Å². The molecule has 5 aromatic rings. The molecule has 5 nitrogen and oxygen atoms in total. The zero-order chi connectivity index (χ0) is 27.2. The number of fused-ring (bicyclic) bond motifs is 1. The molecule has 0 spiro atoms. The third-order valence-corrected chi connectivity index (χ3v) is 6.92. The van der Waals surface area contributed by atoms with E-state index >= 15 is 0 Å². The lowest BCUT2D eigenvalue weighted by Gasteiger charge is -2.18. The maximum absolute atomic E-state index is 12.2. The van der Waals surface area contributed by atoms with Crippen LogP contribution in [0.15, 0.2) is 121 Å². The molecule has 1 N–H and O–H groups in total. The zero-order valence-electron chi connectivity index (χ0n) is 21.7. The molecule has 1 aromatic heterocycles. The third-order valence-electron chi connectivity index (χ3n) is 6.92. The Morgan fingerprint density at radius 3 is 2.00 bits per heavy atom. The normalized spacial score (nSPS) is 11.6. The Morgan fingerprint density at radius 1 is 0.821 bits per heavy atom. The number of rotatable bonds is 9. The number of hydrogen-bond donors (Lipinski definition) is 1. The number of ketones is 1. The molecular formula is C34H29NO4. The van der Waals surface area contributed by atoms with E-state index in [2.05, 4.69) is 71.5 Å². The van der Waals surface area contributed by atoms with Gasteiger partial charge in [-0.15, -0.1) is 0 Å². The fourth-order valence-corrected chi connectivity index (χ4v) is 4.98. The maximum Gasteiger partial charge on any atom is 0.378 e. The smallest absolute Gasteiger partial charge is 0.378 e. The first-order chi connectivity index (χ1) is 19.0. The van der Waals surface area contributed by atoms with Crippen LogP contribution in [0, 0.1) is 0 Å². The Hall–Kier alpha value is -4.90. The van der Waals surface area contributed by atoms with Gasteiger partial charge in [0.1, 0.15) is 5.76 Å². The van der Waals surface area contributed by atoms with Crippen LogP contribution in [0.4, 0.5) is 0 Å². The number of nitrogens with zero attached hydrogens (tertiary/aromatic N) is 1. The predicted molar refractivity (Wildman–Crippen MR) is 154 cm³/mol. The Labute approximate surface area is 227 Å². The largest absolute Gasteiger partial charge is 0.507 e. The van der Waals surface area contributed by atoms with E-state index < -0.39 is 11.8 Å². The summed E-state index contributed by atoms with van der Waals surface area (Å²) in [7, 11) is 1.14. The van der Waals surface area contributed by atoms with Crippen molar-refractivity contribution in [3.8, 4) is 0 Å². The average molecular weight is 516 g/mol. The summed E-state index contributed by atoms with van der Waals surface area (Å²) in [5.41, 5.74) is 6.03. The molecule has 0 atom stereocenters. The van der Waals surface area contributed by atoms with Gasteiger partial charge in [0.15, 0.2) is 0 Å². The van der Waals surface area contributed by atoms with Crippen molar-refractivity contribution in [2.45, 2.75) is 18.9 Å². The van der Waals surface area contributed by atoms with E-state index in [0.29, 0.717) is 12.1 Å². The van der Waals surface area contributed by atoms with Crippen LogP contribution in [0.2, 0.25) is 0 Å². The van der Waals surface area contributed by atoms with E-state index in [1.165, 1.54) is 11.1 Å². The molecule has 0 saturated carbocycles. The van der Waals surface area contributed by atoms with Crippen molar-refractivity contribution in [3.63, 3.8) is 0 Å². The Balaban J connectivity index is 1.58. The number of benzene rings is 4. The summed E-state index contributed by atoms with van der Waals surface area (Å²) < 4.78 is 6.56. The summed E-state index contributed by atoms with van der Waals surface area (Å²) in [4.78, 5) is 23.9. The monoisotopic (exact) mass is 515 g/mol. The van der Waals surface area contributed by atoms with Gasteiger partial charge in [-0.2, -0.15) is 0 Å². The lowest BCUT2D eigenvalue weighted by Crippen LogP contribution is -2.13. The van der Waals surface area contributed by atoms with Gasteiger partial charge >= 0.3 is 5.97 Å². The summed E-state index contributed by atoms with van der Waals surface area (Å²) in [6, 6.07) is 37.1. The number of methoxy groups -OCH3 is 1. The van der Waals surface area contributed by atoms with Crippen molar-refractivity contribution in [1.29, 1.82) is 0 Å². The van der Waals surface area contributed by atoms with Gasteiger partial charge in [0.2, 0.25) is 0 Å². The summed E-state index contributed by atoms with van der Waals surface area (Å²) in [6.45, 7) is 0.589. The second-order valence-corrected chi connectivity index (χ2v) is 9.47. The minimum Gasteiger partial charge on any atom is -0.507 e. The quantitative estimate of drug-likeness (QED) is 0.103. The highest BCUT2D eigenvalue weighted by Gasteiger charge is 2.19. The number of aromatic nitrogens is 1. The zero-order valence-corrected chi connectivity index (χ0v) is 21.7. The fourth-order valence-electron chi connectivity index (χ4n) is 4.98. The van der Waals surface area contributed by atoms with Crippen molar-refractivity contribution >= 4 is 28.4 Å². The molecule has 0 aliphatic carbocycles. The average Bonchev–Trinajstić information content (AvgIpc) is 3.34. The highest BCUT2D eigenvalue weighted by atomic mass is 16.5. The number of carbonyl (C=O) groups is 2. The fraction of sp³-hybridized carbons (Fsp3) is 0.118. The SMILES string of the molecule is COC(=O)C(=O)C=C(O)c1cn(Cc2ccccc2)c2ccc(CC(c3ccccc3)c3ccccc3)cc12. The van der Waals surface area contributed by atoms with Gasteiger partial charge in [-0.25, -0.2) is 4.79 Å². The van der Waals surface area contributed by atoms with E-state index in [0.717, 1.165) is 41.6 Å². The lowest BCUT2D eigenvalue weighted by molar-refractivity contribution is -0.149. The first kappa shape index (κ1) is 25.7. The predicted octanol–water partition coefficient (Wildman–Crippen LogP) is 6.71. The van der Waals surface area contributed by atoms with Crippen molar-refractivity contribution in [2.75, 3.05) is 7.11 Å². The molecule has 0 fully saturated rings. The van der Waals surface area contributed by atoms with E-state index in [-0.39, 0.29) is 11.7 Å². The van der Waals surface area contributed by atoms with Gasteiger partial charge in [-0.1, -0.05) is 97.1 Å². The highest BCUT2D eigenvalue weighted by molar-refractivity contribution is 6.39. The van der Waals surface area contributed by atoms with Gasteiger partial charge in [-0.05, 0) is 40.8 Å². The number of hydrogen-bond acceptors (Lipinski definition) is 4. The van der Waals surface area contributed by atoms with Crippen LogP contribution in [0.25, 0.3) is 16.7 Å². The minimum absolute atomic E-state index is 0.143. The summed E-state index contributed by atoms with van der Waals surface area (Å²) in [5.74, 6) is -2.07. The van der Waals surface area contributed by atoms with Gasteiger partial charge in [0, 0.05) is 41.2 Å². The first-order valence-corrected chi connectivity index (χ1v) is 12.8. The third kappa shape index (κ3) is 5.83. The highest BCUT2D eigenvalue weighted by Crippen LogP contribution is 2.32. The summed E-state index contributed by atoms with van der Waals surface area (Å²) in [6.07, 6.45) is 3.50. The number of esters is 1. The molecule has 39 heavy (non-hydrogen) atoms. The van der Waals surface area contributed by atoms with Gasteiger partial charge in [0.25, 0.3) is 5.78 Å². The van der Waals surface area contributed by atoms with Crippen molar-refractivity contribution in [1.82, 2.24) is 4.57 Å². The lowest BCUT2D eigenvalue weighted by atomic mass is 9.85. The molecule has 5 rings (SSSR count). The van der Waals surface area contributed by atoms with E-state index in [1.54, 1.807) is 0 Å². The molecule has 0 aliphatic heterocycles. The van der Waals surface area contributed by atoms with Crippen LogP contribution in [-0.2, 0) is 27.3 Å². The molecular weight excluding hydrogens is 486 g/mol. The topological polar surface area (TPSA) is 68.5 Å². The second-order valence-electron chi connectivity index (χ2n) is 9.47. The number of aliphatic hydroxyl groups excluding tert-OH is 1. The Morgan fingerprint density at radius 2 is 1.41 bits per heavy atom. The number of aliphatic hydroxyl groups is 1. The van der Waals surface area contributed by atoms with Crippen LogP contribution in [-0.4, -0.2) is 28.5 Å². The molecule has 0 bridgehead atoms. The molecule has 5 heteroatoms. The van der Waals surface area contributed by atoms with Crippen molar-refractivity contribution in [2.24, 2.45) is 0 Å². The molecule has 0 saturated heterocycles. The molecule has 194 valence electrons. The number of ether oxygens (including phenoxy) is 1. The standard InChI is InChI=1S/C34H29NO4/c1-39-34(38)33(37)21-32(36)30-23-35(22-24-11-5-2-6-12-24)31-18-17-25(20-29(30)31)19-28(26-13-7-3-8-14-26)27-15-9-4-10-16-27/h2-18,20-21,23,28,36H,19,22H2,1H3. The van der Waals surface area contributed by atoms with Crippen LogP contribution in [0.5, 0.6) is 0 Å². The van der Waals surface area contributed by atoms with Crippen LogP contribution >= 0.6 is 0 Å². The number of carbonyl (C=O) groups excluding carboxylic acids is 2.